The van der Waals surface area contributed by atoms with Crippen LogP contribution in [0.25, 0.3) is 0 Å². The Morgan fingerprint density at radius 2 is 1.68 bits per heavy atom. The highest BCUT2D eigenvalue weighted by atomic mass is 16.6. The van der Waals surface area contributed by atoms with Crippen LogP contribution in [0.2, 0.25) is 0 Å². The van der Waals surface area contributed by atoms with Gasteiger partial charge in [0.05, 0.1) is 13.0 Å². The summed E-state index contributed by atoms with van der Waals surface area (Å²) in [5.41, 5.74) is 4.34. The van der Waals surface area contributed by atoms with E-state index in [1.165, 1.54) is 4.90 Å². The molecule has 0 fully saturated rings. The fourth-order valence-electron chi connectivity index (χ4n) is 3.99. The first-order valence-electron chi connectivity index (χ1n) is 13.7. The maximum Gasteiger partial charge on any atom is 0.408 e. The first-order chi connectivity index (χ1) is 19.1. The Morgan fingerprint density at radius 3 is 2.22 bits per heavy atom. The second-order valence-corrected chi connectivity index (χ2v) is 11.1. The summed E-state index contributed by atoms with van der Waals surface area (Å²) >= 11 is 0. The molecule has 2 atom stereocenters. The average Bonchev–Trinajstić information content (AvgIpc) is 2.88. The Morgan fingerprint density at radius 1 is 1.05 bits per heavy atom. The van der Waals surface area contributed by atoms with E-state index in [0.29, 0.717) is 17.5 Å². The number of terminal acetylenes is 1. The minimum atomic E-state index is -1.25. The number of ether oxygens (including phenoxy) is 2. The van der Waals surface area contributed by atoms with E-state index in [-0.39, 0.29) is 32.4 Å². The lowest BCUT2D eigenvalue weighted by molar-refractivity contribution is -0.150. The van der Waals surface area contributed by atoms with E-state index in [1.807, 2.05) is 6.92 Å². The topological polar surface area (TPSA) is 157 Å². The van der Waals surface area contributed by atoms with Crippen molar-refractivity contribution in [1.82, 2.24) is 15.5 Å². The molecule has 4 N–H and O–H groups in total. The molecule has 0 heterocycles. The second-order valence-electron chi connectivity index (χ2n) is 11.1. The van der Waals surface area contributed by atoms with E-state index in [4.69, 9.17) is 21.6 Å². The first-order valence-corrected chi connectivity index (χ1v) is 13.7. The molecule has 4 amide bonds. The molecule has 0 radical (unpaired) electrons. The highest BCUT2D eigenvalue weighted by molar-refractivity contribution is 5.93. The summed E-state index contributed by atoms with van der Waals surface area (Å²) in [6.45, 7) is 12.3. The van der Waals surface area contributed by atoms with Crippen LogP contribution in [0.15, 0.2) is 24.3 Å². The van der Waals surface area contributed by atoms with Crippen LogP contribution in [0.4, 0.5) is 4.79 Å². The molecule has 0 aliphatic heterocycles. The van der Waals surface area contributed by atoms with E-state index >= 15 is 0 Å². The lowest BCUT2D eigenvalue weighted by Gasteiger charge is -2.44. The van der Waals surface area contributed by atoms with Gasteiger partial charge in [0.2, 0.25) is 17.7 Å². The highest BCUT2D eigenvalue weighted by Gasteiger charge is 2.43. The molecule has 226 valence electrons. The van der Waals surface area contributed by atoms with Crippen molar-refractivity contribution in [2.45, 2.75) is 97.4 Å². The summed E-state index contributed by atoms with van der Waals surface area (Å²) in [6, 6.07) is 4.21. The molecule has 41 heavy (non-hydrogen) atoms. The van der Waals surface area contributed by atoms with Crippen LogP contribution in [-0.4, -0.2) is 65.0 Å². The van der Waals surface area contributed by atoms with Crippen LogP contribution in [0.1, 0.15) is 91.3 Å². The lowest BCUT2D eigenvalue weighted by atomic mass is 9.90. The van der Waals surface area contributed by atoms with Gasteiger partial charge in [0.15, 0.2) is 0 Å². The summed E-state index contributed by atoms with van der Waals surface area (Å²) in [7, 11) is 0. The summed E-state index contributed by atoms with van der Waals surface area (Å²) in [6.07, 6.45) is 4.92. The number of hydrogen-bond donors (Lipinski definition) is 3. The van der Waals surface area contributed by atoms with Gasteiger partial charge >= 0.3 is 12.1 Å². The van der Waals surface area contributed by atoms with Crippen molar-refractivity contribution in [2.24, 2.45) is 5.73 Å². The molecule has 1 aromatic rings. The second kappa shape index (κ2) is 15.6. The average molecular weight is 573 g/mol. The minimum Gasteiger partial charge on any atom is -0.466 e. The fraction of sp³-hybridized carbons (Fsp3) is 0.567. The molecule has 0 aliphatic rings. The summed E-state index contributed by atoms with van der Waals surface area (Å²) in [4.78, 5) is 65.8. The maximum atomic E-state index is 14.3. The summed E-state index contributed by atoms with van der Waals surface area (Å²) in [5, 5.41) is 5.28. The first kappa shape index (κ1) is 35.0. The molecular weight excluding hydrogens is 528 g/mol. The van der Waals surface area contributed by atoms with Crippen LogP contribution in [-0.2, 0) is 28.7 Å². The molecule has 1 aromatic carbocycles. The number of amides is 4. The van der Waals surface area contributed by atoms with E-state index in [2.05, 4.69) is 16.6 Å². The van der Waals surface area contributed by atoms with Crippen LogP contribution in [0.5, 0.6) is 0 Å². The smallest absolute Gasteiger partial charge is 0.408 e. The predicted octanol–water partition coefficient (Wildman–Crippen LogP) is 2.95. The number of rotatable bonds is 14. The van der Waals surface area contributed by atoms with Crippen LogP contribution < -0.4 is 16.4 Å². The number of hydrogen-bond acceptors (Lipinski definition) is 7. The van der Waals surface area contributed by atoms with E-state index in [0.717, 1.165) is 0 Å². The van der Waals surface area contributed by atoms with Crippen molar-refractivity contribution in [3.63, 3.8) is 0 Å². The standard InChI is InChI=1S/C30H44N4O7/c1-9-20-14-12-13-15-21(20)25(26(37)32-19-18-24(36)40-11-3)34(30(7,8)10-2)27(38)22(16-17-23(31)35)33-28(39)41-29(4,5)6/h1,12-15,22,25H,10-11,16-19H2,2-8H3,(H2,31,35)(H,32,37)(H,33,39). The Bertz CT molecular complexity index is 1130. The zero-order valence-electron chi connectivity index (χ0n) is 25.2. The van der Waals surface area contributed by atoms with Gasteiger partial charge in [0, 0.05) is 24.1 Å². The largest absolute Gasteiger partial charge is 0.466 e. The van der Waals surface area contributed by atoms with Gasteiger partial charge in [-0.05, 0) is 66.0 Å². The number of alkyl carbamates (subject to hydrolysis) is 1. The van der Waals surface area contributed by atoms with Gasteiger partial charge in [0.1, 0.15) is 17.7 Å². The zero-order valence-corrected chi connectivity index (χ0v) is 25.2. The molecule has 11 heteroatoms. The van der Waals surface area contributed by atoms with Gasteiger partial charge in [-0.2, -0.15) is 0 Å². The van der Waals surface area contributed by atoms with Crippen LogP contribution in [0.3, 0.4) is 0 Å². The van der Waals surface area contributed by atoms with Crippen molar-refractivity contribution in [3.8, 4) is 12.3 Å². The molecule has 0 spiro atoms. The van der Waals surface area contributed by atoms with Gasteiger partial charge in [0.25, 0.3) is 0 Å². The molecule has 0 saturated heterocycles. The molecule has 11 nitrogen and oxygen atoms in total. The monoisotopic (exact) mass is 572 g/mol. The number of carbonyl (C=O) groups excluding carboxylic acids is 5. The van der Waals surface area contributed by atoms with Crippen molar-refractivity contribution < 1.29 is 33.4 Å². The van der Waals surface area contributed by atoms with Crippen molar-refractivity contribution in [1.29, 1.82) is 0 Å². The van der Waals surface area contributed by atoms with Crippen LogP contribution >= 0.6 is 0 Å². The molecule has 0 aliphatic carbocycles. The summed E-state index contributed by atoms with van der Waals surface area (Å²) < 4.78 is 10.3. The van der Waals surface area contributed by atoms with Gasteiger partial charge in [-0.1, -0.05) is 31.0 Å². The normalized spacial score (nSPS) is 12.7. The Kier molecular flexibility index (Phi) is 13.3. The molecule has 0 saturated carbocycles. The Hall–Kier alpha value is -4.07. The molecule has 2 unspecified atom stereocenters. The number of carbonyl (C=O) groups is 5. The number of nitrogens with two attached hydrogens (primary N) is 1. The lowest BCUT2D eigenvalue weighted by Crippen LogP contribution is -2.59. The number of benzene rings is 1. The number of primary amides is 1. The van der Waals surface area contributed by atoms with E-state index in [9.17, 15) is 24.0 Å². The van der Waals surface area contributed by atoms with E-state index in [1.54, 1.807) is 65.8 Å². The molecular formula is C30H44N4O7. The number of nitrogens with one attached hydrogen (secondary N) is 2. The predicted molar refractivity (Wildman–Crippen MR) is 154 cm³/mol. The zero-order chi connectivity index (χ0) is 31.4. The molecule has 1 rings (SSSR count). The summed E-state index contributed by atoms with van der Waals surface area (Å²) in [5.74, 6) is 0.198. The molecule has 0 aromatic heterocycles. The van der Waals surface area contributed by atoms with Gasteiger partial charge < -0.3 is 30.7 Å². The quantitative estimate of drug-likeness (QED) is 0.228. The Balaban J connectivity index is 3.67. The highest BCUT2D eigenvalue weighted by Crippen LogP contribution is 2.34. The number of nitrogens with zero attached hydrogens (tertiary/aromatic N) is 1. The third-order valence-electron chi connectivity index (χ3n) is 6.27. The fourth-order valence-corrected chi connectivity index (χ4v) is 3.99. The maximum absolute atomic E-state index is 14.3. The Labute approximate surface area is 242 Å². The van der Waals surface area contributed by atoms with Crippen molar-refractivity contribution in [2.75, 3.05) is 13.2 Å². The minimum absolute atomic E-state index is 0.0395. The van der Waals surface area contributed by atoms with Gasteiger partial charge in [-0.3, -0.25) is 19.2 Å². The molecule has 0 bridgehead atoms. The van der Waals surface area contributed by atoms with Crippen molar-refractivity contribution in [3.05, 3.63) is 35.4 Å². The number of esters is 1. The van der Waals surface area contributed by atoms with Gasteiger partial charge in [-0.25, -0.2) is 4.79 Å². The van der Waals surface area contributed by atoms with Gasteiger partial charge in [-0.15, -0.1) is 6.42 Å². The van der Waals surface area contributed by atoms with Crippen molar-refractivity contribution >= 4 is 29.8 Å². The third kappa shape index (κ3) is 11.1. The van der Waals surface area contributed by atoms with Crippen LogP contribution in [0, 0.1) is 12.3 Å². The van der Waals surface area contributed by atoms with E-state index < -0.39 is 53.0 Å². The third-order valence-corrected chi connectivity index (χ3v) is 6.27. The SMILES string of the molecule is C#Cc1ccccc1C(C(=O)NCCC(=O)OCC)N(C(=O)C(CCC(N)=O)NC(=O)OC(C)(C)C)C(C)(C)CC.